The van der Waals surface area contributed by atoms with Gasteiger partial charge in [-0.25, -0.2) is 0 Å². The number of nitrogens with zero attached hydrogens (tertiary/aromatic N) is 4. The Morgan fingerprint density at radius 1 is 1.07 bits per heavy atom. The zero-order valence-electron chi connectivity index (χ0n) is 17.1. The number of aromatic nitrogens is 3. The predicted octanol–water partition coefficient (Wildman–Crippen LogP) is 4.50. The molecule has 1 fully saturated rings. The van der Waals surface area contributed by atoms with Crippen molar-refractivity contribution in [3.63, 3.8) is 0 Å². The molecule has 1 aliphatic heterocycles. The molecule has 2 heterocycles. The van der Waals surface area contributed by atoms with Crippen LogP contribution in [0.4, 0.5) is 0 Å². The fourth-order valence-corrected chi connectivity index (χ4v) is 4.89. The second kappa shape index (κ2) is 9.46. The van der Waals surface area contributed by atoms with E-state index in [0.717, 1.165) is 48.5 Å². The van der Waals surface area contributed by atoms with E-state index in [1.165, 1.54) is 17.5 Å². The molecule has 5 nitrogen and oxygen atoms in total. The third-order valence-electron chi connectivity index (χ3n) is 5.54. The Labute approximate surface area is 177 Å². The SMILES string of the molecule is COc1ccccc1CN1CCCC(c2nnc(SCc3ccccc3)n2C)C1. The fourth-order valence-electron chi connectivity index (χ4n) is 4.01. The molecule has 0 N–H and O–H groups in total. The van der Waals surface area contributed by atoms with E-state index in [2.05, 4.69) is 69.2 Å². The number of para-hydroxylation sites is 1. The van der Waals surface area contributed by atoms with Crippen LogP contribution in [0.1, 0.15) is 35.7 Å². The van der Waals surface area contributed by atoms with E-state index in [4.69, 9.17) is 4.74 Å². The second-order valence-corrected chi connectivity index (χ2v) is 8.50. The van der Waals surface area contributed by atoms with Crippen molar-refractivity contribution in [1.82, 2.24) is 19.7 Å². The average Bonchev–Trinajstić information content (AvgIpc) is 3.14. The number of rotatable bonds is 7. The number of ether oxygens (including phenoxy) is 1. The molecule has 152 valence electrons. The summed E-state index contributed by atoms with van der Waals surface area (Å²) in [5, 5.41) is 10.0. The summed E-state index contributed by atoms with van der Waals surface area (Å²) >= 11 is 1.75. The number of likely N-dealkylation sites (tertiary alicyclic amines) is 1. The van der Waals surface area contributed by atoms with E-state index in [9.17, 15) is 0 Å². The van der Waals surface area contributed by atoms with Gasteiger partial charge in [-0.2, -0.15) is 0 Å². The van der Waals surface area contributed by atoms with Crippen molar-refractivity contribution in [3.05, 3.63) is 71.5 Å². The van der Waals surface area contributed by atoms with Gasteiger partial charge in [0.1, 0.15) is 11.6 Å². The summed E-state index contributed by atoms with van der Waals surface area (Å²) in [7, 11) is 3.84. The molecule has 3 aromatic rings. The number of benzene rings is 2. The predicted molar refractivity (Wildman–Crippen MR) is 117 cm³/mol. The maximum atomic E-state index is 5.53. The van der Waals surface area contributed by atoms with Crippen LogP contribution in [0, 0.1) is 0 Å². The molecule has 29 heavy (non-hydrogen) atoms. The smallest absolute Gasteiger partial charge is 0.191 e. The van der Waals surface area contributed by atoms with Crippen LogP contribution in [-0.4, -0.2) is 39.9 Å². The Morgan fingerprint density at radius 3 is 2.69 bits per heavy atom. The first-order valence-corrected chi connectivity index (χ1v) is 11.1. The lowest BCUT2D eigenvalue weighted by Gasteiger charge is -2.32. The molecule has 0 saturated carbocycles. The van der Waals surface area contributed by atoms with Gasteiger partial charge in [-0.05, 0) is 31.0 Å². The Morgan fingerprint density at radius 2 is 1.86 bits per heavy atom. The number of hydrogen-bond donors (Lipinski definition) is 0. The molecule has 1 aliphatic rings. The lowest BCUT2D eigenvalue weighted by molar-refractivity contribution is 0.193. The van der Waals surface area contributed by atoms with Gasteiger partial charge >= 0.3 is 0 Å². The Kier molecular flexibility index (Phi) is 6.52. The topological polar surface area (TPSA) is 43.2 Å². The molecule has 2 aromatic carbocycles. The van der Waals surface area contributed by atoms with Crippen molar-refractivity contribution in [3.8, 4) is 5.75 Å². The first-order valence-electron chi connectivity index (χ1n) is 10.1. The molecule has 1 atom stereocenters. The second-order valence-electron chi connectivity index (χ2n) is 7.56. The van der Waals surface area contributed by atoms with Crippen molar-refractivity contribution >= 4 is 11.8 Å². The van der Waals surface area contributed by atoms with Gasteiger partial charge in [0.2, 0.25) is 0 Å². The highest BCUT2D eigenvalue weighted by molar-refractivity contribution is 7.98. The molecule has 0 aliphatic carbocycles. The normalized spacial score (nSPS) is 17.4. The summed E-state index contributed by atoms with van der Waals surface area (Å²) < 4.78 is 7.71. The minimum absolute atomic E-state index is 0.419. The van der Waals surface area contributed by atoms with E-state index in [0.29, 0.717) is 5.92 Å². The molecule has 1 aromatic heterocycles. The average molecular weight is 409 g/mol. The van der Waals surface area contributed by atoms with E-state index < -0.39 is 0 Å². The number of thioether (sulfide) groups is 1. The molecule has 1 saturated heterocycles. The molecule has 1 unspecified atom stereocenters. The van der Waals surface area contributed by atoms with Crippen LogP contribution >= 0.6 is 11.8 Å². The molecule has 6 heteroatoms. The van der Waals surface area contributed by atoms with Crippen LogP contribution < -0.4 is 4.74 Å². The number of methoxy groups -OCH3 is 1. The van der Waals surface area contributed by atoms with Gasteiger partial charge < -0.3 is 9.30 Å². The standard InChI is InChI=1S/C23H28N4OS/c1-26-22(24-25-23(26)29-17-18-9-4-3-5-10-18)20-12-8-14-27(16-20)15-19-11-6-7-13-21(19)28-2/h3-7,9-11,13,20H,8,12,14-17H2,1-2H3. The van der Waals surface area contributed by atoms with Gasteiger partial charge in [0.05, 0.1) is 7.11 Å². The summed E-state index contributed by atoms with van der Waals surface area (Å²) in [5.41, 5.74) is 2.55. The molecule has 4 rings (SSSR count). The van der Waals surface area contributed by atoms with E-state index >= 15 is 0 Å². The van der Waals surface area contributed by atoms with Gasteiger partial charge in [-0.3, -0.25) is 4.90 Å². The molecular weight excluding hydrogens is 380 g/mol. The first kappa shape index (κ1) is 20.0. The minimum Gasteiger partial charge on any atom is -0.496 e. The lowest BCUT2D eigenvalue weighted by Crippen LogP contribution is -2.34. The van der Waals surface area contributed by atoms with Crippen molar-refractivity contribution in [1.29, 1.82) is 0 Å². The quantitative estimate of drug-likeness (QED) is 0.539. The van der Waals surface area contributed by atoms with Crippen LogP contribution in [-0.2, 0) is 19.3 Å². The fraction of sp³-hybridized carbons (Fsp3) is 0.391. The molecular formula is C23H28N4OS. The monoisotopic (exact) mass is 408 g/mol. The van der Waals surface area contributed by atoms with Gasteiger partial charge in [0.15, 0.2) is 5.16 Å². The molecule has 0 radical (unpaired) electrons. The van der Waals surface area contributed by atoms with Crippen LogP contribution in [0.3, 0.4) is 0 Å². The molecule has 0 spiro atoms. The number of hydrogen-bond acceptors (Lipinski definition) is 5. The van der Waals surface area contributed by atoms with Gasteiger partial charge in [-0.15, -0.1) is 10.2 Å². The van der Waals surface area contributed by atoms with Crippen LogP contribution in [0.15, 0.2) is 59.8 Å². The van der Waals surface area contributed by atoms with Crippen LogP contribution in [0.5, 0.6) is 5.75 Å². The summed E-state index contributed by atoms with van der Waals surface area (Å²) in [6.07, 6.45) is 2.34. The van der Waals surface area contributed by atoms with E-state index in [-0.39, 0.29) is 0 Å². The lowest BCUT2D eigenvalue weighted by atomic mass is 9.96. The largest absolute Gasteiger partial charge is 0.496 e. The van der Waals surface area contributed by atoms with Crippen LogP contribution in [0.2, 0.25) is 0 Å². The Bertz CT molecular complexity index is 928. The third kappa shape index (κ3) is 4.82. The summed E-state index contributed by atoms with van der Waals surface area (Å²) in [5.74, 6) is 3.40. The molecule has 0 bridgehead atoms. The van der Waals surface area contributed by atoms with E-state index in [1.807, 2.05) is 12.1 Å². The maximum absolute atomic E-state index is 5.53. The summed E-state index contributed by atoms with van der Waals surface area (Å²) in [6.45, 7) is 3.03. The van der Waals surface area contributed by atoms with Crippen LogP contribution in [0.25, 0.3) is 0 Å². The van der Waals surface area contributed by atoms with E-state index in [1.54, 1.807) is 18.9 Å². The highest BCUT2D eigenvalue weighted by Crippen LogP contribution is 2.30. The third-order valence-corrected chi connectivity index (χ3v) is 6.63. The van der Waals surface area contributed by atoms with Crippen molar-refractivity contribution < 1.29 is 4.74 Å². The molecule has 0 amide bonds. The maximum Gasteiger partial charge on any atom is 0.191 e. The van der Waals surface area contributed by atoms with Gasteiger partial charge in [0, 0.05) is 37.4 Å². The highest BCUT2D eigenvalue weighted by atomic mass is 32.2. The van der Waals surface area contributed by atoms with Gasteiger partial charge in [0.25, 0.3) is 0 Å². The number of piperidine rings is 1. The van der Waals surface area contributed by atoms with Crippen molar-refractivity contribution in [2.45, 2.75) is 36.2 Å². The first-order chi connectivity index (χ1) is 14.2. The van der Waals surface area contributed by atoms with Crippen molar-refractivity contribution in [2.75, 3.05) is 20.2 Å². The highest BCUT2D eigenvalue weighted by Gasteiger charge is 2.26. The van der Waals surface area contributed by atoms with Crippen molar-refractivity contribution in [2.24, 2.45) is 7.05 Å². The Balaban J connectivity index is 1.41. The summed E-state index contributed by atoms with van der Waals surface area (Å²) in [4.78, 5) is 2.51. The Hall–Kier alpha value is -2.31. The minimum atomic E-state index is 0.419. The summed E-state index contributed by atoms with van der Waals surface area (Å²) in [6, 6.07) is 18.8. The zero-order chi connectivity index (χ0) is 20.1. The van der Waals surface area contributed by atoms with Gasteiger partial charge in [-0.1, -0.05) is 60.3 Å². The zero-order valence-corrected chi connectivity index (χ0v) is 17.9.